The molecule has 0 aliphatic heterocycles. The molecular formula is C22H32ClN3. The van der Waals surface area contributed by atoms with Crippen molar-refractivity contribution in [3.8, 4) is 0 Å². The van der Waals surface area contributed by atoms with E-state index in [1.54, 1.807) is 0 Å². The van der Waals surface area contributed by atoms with Gasteiger partial charge in [0.1, 0.15) is 11.6 Å². The second-order valence-corrected chi connectivity index (χ2v) is 6.75. The molecule has 1 atom stereocenters. The highest BCUT2D eigenvalue weighted by Gasteiger charge is 2.11. The van der Waals surface area contributed by atoms with E-state index in [-0.39, 0.29) is 5.92 Å². The van der Waals surface area contributed by atoms with Gasteiger partial charge in [-0.2, -0.15) is 0 Å². The average Bonchev–Trinajstić information content (AvgIpc) is 2.64. The molecule has 1 heterocycles. The summed E-state index contributed by atoms with van der Waals surface area (Å²) in [6.07, 6.45) is 20.3. The second kappa shape index (κ2) is 13.5. The van der Waals surface area contributed by atoms with Crippen LogP contribution in [0.3, 0.4) is 0 Å². The van der Waals surface area contributed by atoms with Gasteiger partial charge in [-0.1, -0.05) is 69.2 Å². The van der Waals surface area contributed by atoms with Gasteiger partial charge in [0.2, 0.25) is 0 Å². The van der Waals surface area contributed by atoms with Crippen LogP contribution >= 0.6 is 11.6 Å². The van der Waals surface area contributed by atoms with Gasteiger partial charge in [-0.15, -0.1) is 0 Å². The Bertz CT molecular complexity index is 645. The van der Waals surface area contributed by atoms with E-state index in [0.717, 1.165) is 43.8 Å². The van der Waals surface area contributed by atoms with Gasteiger partial charge in [0, 0.05) is 23.4 Å². The van der Waals surface area contributed by atoms with Crippen molar-refractivity contribution in [1.29, 1.82) is 0 Å². The standard InChI is InChI=1S/C22H32ClN3/c1-5-8-11-12-13-16-20-24-21(17-19(23)15-10-7-3)26-22(25-20)18(4)14-9-6-2/h6,9-12,15,17-18H,5,7-8,13-14,16H2,1-4H3/b9-6-,12-11-,15-10-,19-17?/t18-/m0/s1. The van der Waals surface area contributed by atoms with Crippen LogP contribution in [0.25, 0.3) is 6.08 Å². The summed E-state index contributed by atoms with van der Waals surface area (Å²) >= 11 is 6.28. The van der Waals surface area contributed by atoms with Crippen molar-refractivity contribution in [2.24, 2.45) is 0 Å². The molecule has 4 heteroatoms. The lowest BCUT2D eigenvalue weighted by atomic mass is 10.1. The number of nitrogens with zero attached hydrogens (tertiary/aromatic N) is 3. The summed E-state index contributed by atoms with van der Waals surface area (Å²) in [6.45, 7) is 8.44. The van der Waals surface area contributed by atoms with Crippen LogP contribution in [0.4, 0.5) is 0 Å². The van der Waals surface area contributed by atoms with Crippen molar-refractivity contribution in [3.05, 3.63) is 59.0 Å². The van der Waals surface area contributed by atoms with Gasteiger partial charge in [0.15, 0.2) is 5.82 Å². The summed E-state index contributed by atoms with van der Waals surface area (Å²) in [6, 6.07) is 0. The Kier molecular flexibility index (Phi) is 11.5. The highest BCUT2D eigenvalue weighted by Crippen LogP contribution is 2.18. The fourth-order valence-corrected chi connectivity index (χ4v) is 2.50. The third kappa shape index (κ3) is 9.10. The topological polar surface area (TPSA) is 38.7 Å². The molecule has 0 amide bonds. The predicted octanol–water partition coefficient (Wildman–Crippen LogP) is 6.78. The molecule has 1 aromatic rings. The average molecular weight is 374 g/mol. The summed E-state index contributed by atoms with van der Waals surface area (Å²) in [4.78, 5) is 13.9. The lowest BCUT2D eigenvalue weighted by Gasteiger charge is -2.10. The largest absolute Gasteiger partial charge is 0.218 e. The van der Waals surface area contributed by atoms with Gasteiger partial charge in [-0.3, -0.25) is 0 Å². The number of allylic oxidation sites excluding steroid dienone is 7. The first-order chi connectivity index (χ1) is 12.6. The van der Waals surface area contributed by atoms with Crippen molar-refractivity contribution < 1.29 is 0 Å². The summed E-state index contributed by atoms with van der Waals surface area (Å²) in [5.41, 5.74) is 0. The molecule has 26 heavy (non-hydrogen) atoms. The van der Waals surface area contributed by atoms with Crippen LogP contribution in [-0.2, 0) is 6.42 Å². The van der Waals surface area contributed by atoms with E-state index in [1.165, 1.54) is 6.42 Å². The van der Waals surface area contributed by atoms with Crippen LogP contribution < -0.4 is 0 Å². The molecule has 1 aromatic heterocycles. The van der Waals surface area contributed by atoms with Gasteiger partial charge in [-0.25, -0.2) is 15.0 Å². The maximum Gasteiger partial charge on any atom is 0.157 e. The Morgan fingerprint density at radius 3 is 2.50 bits per heavy atom. The van der Waals surface area contributed by atoms with Crippen LogP contribution in [0.15, 0.2) is 41.5 Å². The van der Waals surface area contributed by atoms with E-state index in [1.807, 2.05) is 25.2 Å². The lowest BCUT2D eigenvalue weighted by molar-refractivity contribution is 0.680. The molecule has 0 saturated carbocycles. The van der Waals surface area contributed by atoms with E-state index in [2.05, 4.69) is 55.0 Å². The van der Waals surface area contributed by atoms with Crippen molar-refractivity contribution in [2.45, 2.75) is 72.1 Å². The molecule has 0 unspecified atom stereocenters. The monoisotopic (exact) mass is 373 g/mol. The third-order valence-corrected chi connectivity index (χ3v) is 4.05. The Labute approximate surface area is 164 Å². The summed E-state index contributed by atoms with van der Waals surface area (Å²) in [5, 5.41) is 0.638. The number of rotatable bonds is 11. The fourth-order valence-electron chi connectivity index (χ4n) is 2.32. The molecule has 1 rings (SSSR count). The number of unbranched alkanes of at least 4 members (excludes halogenated alkanes) is 1. The first kappa shape index (κ1) is 22.3. The van der Waals surface area contributed by atoms with Gasteiger partial charge in [-0.05, 0) is 38.7 Å². The minimum absolute atomic E-state index is 0.251. The van der Waals surface area contributed by atoms with Gasteiger partial charge in [0.25, 0.3) is 0 Å². The van der Waals surface area contributed by atoms with E-state index >= 15 is 0 Å². The zero-order chi connectivity index (χ0) is 19.2. The molecule has 0 radical (unpaired) electrons. The Morgan fingerprint density at radius 1 is 1.04 bits per heavy atom. The maximum absolute atomic E-state index is 6.28. The highest BCUT2D eigenvalue weighted by atomic mass is 35.5. The first-order valence-electron chi connectivity index (χ1n) is 9.65. The number of aryl methyl sites for hydroxylation is 1. The van der Waals surface area contributed by atoms with Crippen molar-refractivity contribution in [2.75, 3.05) is 0 Å². The molecule has 0 aromatic carbocycles. The van der Waals surface area contributed by atoms with Crippen molar-refractivity contribution >= 4 is 17.7 Å². The lowest BCUT2D eigenvalue weighted by Crippen LogP contribution is -2.08. The summed E-state index contributed by atoms with van der Waals surface area (Å²) < 4.78 is 0. The zero-order valence-electron chi connectivity index (χ0n) is 16.6. The molecule has 3 nitrogen and oxygen atoms in total. The van der Waals surface area contributed by atoms with Gasteiger partial charge >= 0.3 is 0 Å². The Balaban J connectivity index is 3.03. The van der Waals surface area contributed by atoms with Crippen LogP contribution in [0.1, 0.15) is 83.2 Å². The second-order valence-electron chi connectivity index (χ2n) is 6.31. The van der Waals surface area contributed by atoms with Gasteiger partial charge < -0.3 is 0 Å². The van der Waals surface area contributed by atoms with E-state index in [0.29, 0.717) is 10.9 Å². The number of halogens is 1. The Morgan fingerprint density at radius 2 is 1.81 bits per heavy atom. The van der Waals surface area contributed by atoms with Crippen LogP contribution in [-0.4, -0.2) is 15.0 Å². The summed E-state index contributed by atoms with van der Waals surface area (Å²) in [5.74, 6) is 2.56. The first-order valence-corrected chi connectivity index (χ1v) is 10.0. The number of hydrogen-bond donors (Lipinski definition) is 0. The Hall–Kier alpha value is -1.74. The zero-order valence-corrected chi connectivity index (χ0v) is 17.3. The molecular weight excluding hydrogens is 342 g/mol. The molecule has 0 N–H and O–H groups in total. The van der Waals surface area contributed by atoms with E-state index < -0.39 is 0 Å². The quantitative estimate of drug-likeness (QED) is 0.317. The molecule has 0 aliphatic carbocycles. The van der Waals surface area contributed by atoms with Crippen molar-refractivity contribution in [1.82, 2.24) is 15.0 Å². The molecule has 0 fully saturated rings. The normalized spacial score (nSPS) is 14.1. The molecule has 0 saturated heterocycles. The minimum Gasteiger partial charge on any atom is -0.218 e. The number of aromatic nitrogens is 3. The highest BCUT2D eigenvalue weighted by molar-refractivity contribution is 6.33. The third-order valence-electron chi connectivity index (χ3n) is 3.82. The molecule has 142 valence electrons. The molecule has 0 aliphatic rings. The maximum atomic E-state index is 6.28. The van der Waals surface area contributed by atoms with Crippen molar-refractivity contribution in [3.63, 3.8) is 0 Å². The SMILES string of the molecule is C/C=C\C[C@H](C)c1nc(C=C(Cl)/C=C\CC)nc(CC/C=C\CCC)n1. The predicted molar refractivity (Wildman–Crippen MR) is 113 cm³/mol. The van der Waals surface area contributed by atoms with Gasteiger partial charge in [0.05, 0.1) is 0 Å². The van der Waals surface area contributed by atoms with Crippen LogP contribution in [0, 0.1) is 0 Å². The van der Waals surface area contributed by atoms with E-state index in [4.69, 9.17) is 16.6 Å². The van der Waals surface area contributed by atoms with E-state index in [9.17, 15) is 0 Å². The molecule has 0 spiro atoms. The minimum atomic E-state index is 0.251. The number of hydrogen-bond acceptors (Lipinski definition) is 3. The summed E-state index contributed by atoms with van der Waals surface area (Å²) in [7, 11) is 0. The fraction of sp³-hybridized carbons (Fsp3) is 0.500. The van der Waals surface area contributed by atoms with Crippen LogP contribution in [0.5, 0.6) is 0 Å². The van der Waals surface area contributed by atoms with Crippen LogP contribution in [0.2, 0.25) is 0 Å². The molecule has 0 bridgehead atoms. The smallest absolute Gasteiger partial charge is 0.157 e.